The van der Waals surface area contributed by atoms with Gasteiger partial charge in [0.1, 0.15) is 0 Å². The highest BCUT2D eigenvalue weighted by atomic mass is 32.1. The van der Waals surface area contributed by atoms with Crippen LogP contribution in [0, 0.1) is 0 Å². The Hall–Kier alpha value is -8.97. The van der Waals surface area contributed by atoms with Crippen molar-refractivity contribution in [2.45, 2.75) is 0 Å². The van der Waals surface area contributed by atoms with Gasteiger partial charge >= 0.3 is 0 Å². The van der Waals surface area contributed by atoms with Crippen molar-refractivity contribution in [3.05, 3.63) is 237 Å². The van der Waals surface area contributed by atoms with E-state index in [0.29, 0.717) is 17.5 Å². The van der Waals surface area contributed by atoms with E-state index in [1.807, 2.05) is 29.5 Å². The number of nitrogens with zero attached hydrogens (tertiary/aromatic N) is 5. The molecule has 0 saturated carbocycles. The molecule has 14 aromatic rings. The first-order valence-corrected chi connectivity index (χ1v) is 24.1. The normalized spacial score (nSPS) is 11.8. The van der Waals surface area contributed by atoms with Gasteiger partial charge in [-0.15, -0.1) is 11.3 Å². The minimum atomic E-state index is 0.616. The number of rotatable bonds is 7. The van der Waals surface area contributed by atoms with Crippen molar-refractivity contribution in [2.75, 3.05) is 0 Å². The van der Waals surface area contributed by atoms with Gasteiger partial charge in [0.2, 0.25) is 0 Å². The van der Waals surface area contributed by atoms with Gasteiger partial charge in [0.15, 0.2) is 17.5 Å². The van der Waals surface area contributed by atoms with Crippen LogP contribution < -0.4 is 0 Å². The van der Waals surface area contributed by atoms with E-state index in [4.69, 9.17) is 15.0 Å². The standard InChI is InChI=1S/C63H39N5S/c1-4-17-40(18-5-1)44-21-14-22-45(39-44)41-33-35-43(36-34-41)62-64-61(42-19-6-2-7-20-42)65-63(66-62)52-28-15-27-49-50-37-38-51-57-55(68-53-29-12-10-25-47(53)48-26-11-13-30-54(48)68)31-16-32-56(57)69-60(51)59(50)67(58(49)52)46-23-8-3-9-24-46/h1-39H. The summed E-state index contributed by atoms with van der Waals surface area (Å²) in [6.07, 6.45) is 0. The molecule has 0 fully saturated rings. The van der Waals surface area contributed by atoms with Crippen molar-refractivity contribution in [2.24, 2.45) is 0 Å². The number of para-hydroxylation sites is 4. The lowest BCUT2D eigenvalue weighted by molar-refractivity contribution is 1.07. The Kier molecular flexibility index (Phi) is 9.00. The van der Waals surface area contributed by atoms with Crippen LogP contribution in [0.1, 0.15) is 0 Å². The lowest BCUT2D eigenvalue weighted by Crippen LogP contribution is -2.02. The Labute approximate surface area is 401 Å². The van der Waals surface area contributed by atoms with E-state index in [9.17, 15) is 0 Å². The Morgan fingerprint density at radius 3 is 1.51 bits per heavy atom. The summed E-state index contributed by atoms with van der Waals surface area (Å²) in [7, 11) is 0. The van der Waals surface area contributed by atoms with E-state index in [0.717, 1.165) is 44.4 Å². The quantitative estimate of drug-likeness (QED) is 0.160. The maximum Gasteiger partial charge on any atom is 0.166 e. The highest BCUT2D eigenvalue weighted by molar-refractivity contribution is 7.26. The van der Waals surface area contributed by atoms with Crippen molar-refractivity contribution in [1.82, 2.24) is 24.1 Å². The topological polar surface area (TPSA) is 48.5 Å². The molecule has 0 unspecified atom stereocenters. The predicted octanol–water partition coefficient (Wildman–Crippen LogP) is 16.8. The number of fused-ring (bicyclic) bond motifs is 10. The first kappa shape index (κ1) is 39.2. The van der Waals surface area contributed by atoms with E-state index in [-0.39, 0.29) is 0 Å². The smallest absolute Gasteiger partial charge is 0.166 e. The fourth-order valence-electron chi connectivity index (χ4n) is 10.5. The monoisotopic (exact) mass is 897 g/mol. The molecule has 6 heteroatoms. The first-order chi connectivity index (χ1) is 34.2. The summed E-state index contributed by atoms with van der Waals surface area (Å²) in [6.45, 7) is 0. The first-order valence-electron chi connectivity index (χ1n) is 23.3. The van der Waals surface area contributed by atoms with Gasteiger partial charge in [-0.05, 0) is 70.8 Å². The molecule has 0 spiro atoms. The van der Waals surface area contributed by atoms with Gasteiger partial charge in [0, 0.05) is 59.4 Å². The Balaban J connectivity index is 0.986. The van der Waals surface area contributed by atoms with Gasteiger partial charge in [0.05, 0.1) is 32.5 Å². The van der Waals surface area contributed by atoms with Gasteiger partial charge in [-0.3, -0.25) is 0 Å². The van der Waals surface area contributed by atoms with Gasteiger partial charge in [-0.25, -0.2) is 15.0 Å². The minimum Gasteiger partial charge on any atom is -0.309 e. The highest BCUT2D eigenvalue weighted by Gasteiger charge is 2.24. The van der Waals surface area contributed by atoms with Crippen LogP contribution in [0.2, 0.25) is 0 Å². The lowest BCUT2D eigenvalue weighted by Gasteiger charge is -2.13. The molecule has 0 aliphatic carbocycles. The molecule has 4 heterocycles. The van der Waals surface area contributed by atoms with Crippen molar-refractivity contribution in [3.8, 4) is 67.8 Å². The van der Waals surface area contributed by atoms with Crippen LogP contribution in [0.25, 0.3) is 132 Å². The predicted molar refractivity (Wildman–Crippen MR) is 289 cm³/mol. The molecule has 0 N–H and O–H groups in total. The van der Waals surface area contributed by atoms with Gasteiger partial charge in [-0.2, -0.15) is 0 Å². The summed E-state index contributed by atoms with van der Waals surface area (Å²) in [5.41, 5.74) is 14.3. The molecule has 10 aromatic carbocycles. The fraction of sp³-hybridized carbons (Fsp3) is 0. The van der Waals surface area contributed by atoms with Crippen LogP contribution in [-0.2, 0) is 0 Å². The molecule has 14 rings (SSSR count). The maximum absolute atomic E-state index is 5.36. The van der Waals surface area contributed by atoms with Crippen LogP contribution in [-0.4, -0.2) is 24.1 Å². The number of aromatic nitrogens is 5. The number of benzene rings is 10. The number of hydrogen-bond acceptors (Lipinski definition) is 4. The maximum atomic E-state index is 5.36. The summed E-state index contributed by atoms with van der Waals surface area (Å²) in [5.74, 6) is 1.86. The van der Waals surface area contributed by atoms with Crippen LogP contribution in [0.3, 0.4) is 0 Å². The zero-order chi connectivity index (χ0) is 45.4. The molecule has 0 aliphatic rings. The van der Waals surface area contributed by atoms with Crippen molar-refractivity contribution in [1.29, 1.82) is 0 Å². The average Bonchev–Trinajstić information content (AvgIpc) is 4.10. The van der Waals surface area contributed by atoms with E-state index in [1.165, 1.54) is 69.7 Å². The molecular weight excluding hydrogens is 859 g/mol. The largest absolute Gasteiger partial charge is 0.309 e. The third kappa shape index (κ3) is 6.34. The van der Waals surface area contributed by atoms with E-state index in [1.54, 1.807) is 0 Å². The number of hydrogen-bond donors (Lipinski definition) is 0. The van der Waals surface area contributed by atoms with Crippen molar-refractivity contribution in [3.63, 3.8) is 0 Å². The molecule has 0 radical (unpaired) electrons. The minimum absolute atomic E-state index is 0.616. The van der Waals surface area contributed by atoms with Crippen LogP contribution >= 0.6 is 11.3 Å². The van der Waals surface area contributed by atoms with E-state index >= 15 is 0 Å². The summed E-state index contributed by atoms with van der Waals surface area (Å²) in [5, 5.41) is 7.30. The zero-order valence-corrected chi connectivity index (χ0v) is 38.0. The molecule has 0 atom stereocenters. The van der Waals surface area contributed by atoms with Gasteiger partial charge < -0.3 is 9.13 Å². The molecule has 5 nitrogen and oxygen atoms in total. The van der Waals surface area contributed by atoms with E-state index in [2.05, 4.69) is 228 Å². The number of thiophene rings is 1. The molecule has 4 aromatic heterocycles. The Morgan fingerprint density at radius 1 is 0.319 bits per heavy atom. The van der Waals surface area contributed by atoms with Crippen LogP contribution in [0.5, 0.6) is 0 Å². The second-order valence-corrected chi connectivity index (χ2v) is 18.6. The third-order valence-electron chi connectivity index (χ3n) is 13.6. The zero-order valence-electron chi connectivity index (χ0n) is 37.2. The SMILES string of the molecule is c1ccc(-c2cccc(-c3ccc(-c4nc(-c5ccccc5)nc(-c5cccc6c7ccc8c(sc9cccc(-n%10c%11ccccc%11c%11ccccc%11%10)c98)c7n(-c7ccccc7)c56)n4)cc3)c2)cc1. The van der Waals surface area contributed by atoms with Crippen LogP contribution in [0.15, 0.2) is 237 Å². The second-order valence-electron chi connectivity index (χ2n) is 17.5. The molecular formula is C63H39N5S. The summed E-state index contributed by atoms with van der Waals surface area (Å²) in [4.78, 5) is 15.8. The molecule has 0 amide bonds. The van der Waals surface area contributed by atoms with Gasteiger partial charge in [-0.1, -0.05) is 188 Å². The third-order valence-corrected chi connectivity index (χ3v) is 14.8. The fourth-order valence-corrected chi connectivity index (χ4v) is 11.7. The summed E-state index contributed by atoms with van der Waals surface area (Å²) < 4.78 is 7.37. The van der Waals surface area contributed by atoms with Crippen molar-refractivity contribution < 1.29 is 0 Å². The molecule has 322 valence electrons. The van der Waals surface area contributed by atoms with E-state index < -0.39 is 0 Å². The van der Waals surface area contributed by atoms with Crippen LogP contribution in [0.4, 0.5) is 0 Å². The summed E-state index contributed by atoms with van der Waals surface area (Å²) >= 11 is 1.86. The molecule has 0 saturated heterocycles. The van der Waals surface area contributed by atoms with Gasteiger partial charge in [0.25, 0.3) is 0 Å². The second kappa shape index (κ2) is 15.8. The lowest BCUT2D eigenvalue weighted by atomic mass is 9.98. The average molecular weight is 898 g/mol. The molecule has 0 bridgehead atoms. The van der Waals surface area contributed by atoms with Crippen molar-refractivity contribution >= 4 is 75.1 Å². The highest BCUT2D eigenvalue weighted by Crippen LogP contribution is 2.47. The Bertz CT molecular complexity index is 4230. The molecule has 0 aliphatic heterocycles. The Morgan fingerprint density at radius 2 is 0.812 bits per heavy atom. The summed E-state index contributed by atoms with van der Waals surface area (Å²) in [6, 6.07) is 84.3. The molecule has 69 heavy (non-hydrogen) atoms.